The number of amides is 1. The van der Waals surface area contributed by atoms with Gasteiger partial charge in [-0.2, -0.15) is 13.2 Å². The van der Waals surface area contributed by atoms with Crippen LogP contribution in [-0.2, 0) is 15.7 Å². The molecule has 4 rings (SSSR count). The van der Waals surface area contributed by atoms with Gasteiger partial charge in [0.15, 0.2) is 5.79 Å². The number of anilines is 1. The van der Waals surface area contributed by atoms with E-state index in [9.17, 15) is 18.0 Å². The minimum atomic E-state index is -4.63. The van der Waals surface area contributed by atoms with Gasteiger partial charge in [0.1, 0.15) is 5.58 Å². The molecular weight excluding hydrogens is 463 g/mol. The third kappa shape index (κ3) is 4.72. The summed E-state index contributed by atoms with van der Waals surface area (Å²) in [6.45, 7) is 3.41. The van der Waals surface area contributed by atoms with Crippen LogP contribution in [0.1, 0.15) is 49.2 Å². The van der Waals surface area contributed by atoms with E-state index in [0.717, 1.165) is 18.2 Å². The van der Waals surface area contributed by atoms with Crippen LogP contribution < -0.4 is 10.2 Å². The van der Waals surface area contributed by atoms with E-state index in [1.165, 1.54) is 11.8 Å². The number of nitrogens with one attached hydrogen (secondary N) is 1. The van der Waals surface area contributed by atoms with Gasteiger partial charge in [0.2, 0.25) is 5.76 Å². The molecule has 0 radical (unpaired) electrons. The number of fused-ring (bicyclic) bond motifs is 3. The molecule has 2 aromatic rings. The smallest absolute Gasteiger partial charge is 0.416 e. The van der Waals surface area contributed by atoms with E-state index >= 15 is 8.78 Å². The van der Waals surface area contributed by atoms with E-state index < -0.39 is 41.8 Å². The van der Waals surface area contributed by atoms with E-state index in [-0.39, 0.29) is 41.9 Å². The van der Waals surface area contributed by atoms with E-state index in [1.807, 2.05) is 6.92 Å². The van der Waals surface area contributed by atoms with Crippen molar-refractivity contribution in [2.45, 2.75) is 51.0 Å². The fourth-order valence-electron chi connectivity index (χ4n) is 4.46. The molecule has 3 heterocycles. The summed E-state index contributed by atoms with van der Waals surface area (Å²) in [6.07, 6.45) is -3.66. The molecule has 34 heavy (non-hydrogen) atoms. The summed E-state index contributed by atoms with van der Waals surface area (Å²) in [7, 11) is 0. The first-order chi connectivity index (χ1) is 16.0. The molecule has 188 valence electrons. The molecule has 0 saturated carbocycles. The van der Waals surface area contributed by atoms with Crippen LogP contribution in [0.3, 0.4) is 0 Å². The van der Waals surface area contributed by atoms with E-state index in [2.05, 4.69) is 5.32 Å². The van der Waals surface area contributed by atoms with Crippen LogP contribution in [-0.4, -0.2) is 50.5 Å². The lowest BCUT2D eigenvalue weighted by Crippen LogP contribution is -2.43. The van der Waals surface area contributed by atoms with Crippen molar-refractivity contribution in [3.05, 3.63) is 29.5 Å². The Kier molecular flexibility index (Phi) is 6.54. The second-order valence-electron chi connectivity index (χ2n) is 8.83. The SMILES string of the molecule is CCC1(CCC(C)C(F)(F)CN2CCNC(=O)c3oc4ccc(C(F)(F)F)cc4c32)OCCO1. The first-order valence-corrected chi connectivity index (χ1v) is 11.3. The van der Waals surface area contributed by atoms with Crippen molar-refractivity contribution >= 4 is 22.6 Å². The van der Waals surface area contributed by atoms with Crippen LogP contribution >= 0.6 is 0 Å². The Morgan fingerprint density at radius 3 is 2.53 bits per heavy atom. The summed E-state index contributed by atoms with van der Waals surface area (Å²) in [5.74, 6) is -6.05. The second-order valence-corrected chi connectivity index (χ2v) is 8.83. The number of furan rings is 1. The number of carbonyl (C=O) groups excluding carboxylic acids is 1. The zero-order valence-corrected chi connectivity index (χ0v) is 18.9. The summed E-state index contributed by atoms with van der Waals surface area (Å²) >= 11 is 0. The number of rotatable bonds is 7. The highest BCUT2D eigenvalue weighted by Crippen LogP contribution is 2.41. The molecule has 6 nitrogen and oxygen atoms in total. The Hall–Kier alpha value is -2.40. The van der Waals surface area contributed by atoms with Gasteiger partial charge in [0.05, 0.1) is 31.0 Å². The molecule has 1 N–H and O–H groups in total. The average Bonchev–Trinajstić information content (AvgIpc) is 3.37. The Morgan fingerprint density at radius 2 is 1.88 bits per heavy atom. The summed E-state index contributed by atoms with van der Waals surface area (Å²) < 4.78 is 87.4. The molecule has 2 aliphatic heterocycles. The molecule has 0 spiro atoms. The fraction of sp³-hybridized carbons (Fsp3) is 0.609. The largest absolute Gasteiger partial charge is 0.449 e. The lowest BCUT2D eigenvalue weighted by Gasteiger charge is -2.33. The standard InChI is InChI=1S/C23H27F5N2O4/c1-3-21(32-10-11-33-21)7-6-14(2)22(24,25)13-30-9-8-29-20(31)19-18(30)16-12-15(23(26,27)28)4-5-17(16)34-19/h4-5,12,14H,3,6-11,13H2,1-2H3,(H,29,31). The maximum atomic E-state index is 15.4. The normalized spacial score (nSPS) is 19.7. The first-order valence-electron chi connectivity index (χ1n) is 11.3. The number of nitrogens with zero attached hydrogens (tertiary/aromatic N) is 1. The maximum Gasteiger partial charge on any atom is 0.416 e. The van der Waals surface area contributed by atoms with Crippen molar-refractivity contribution in [2.24, 2.45) is 5.92 Å². The zero-order chi connectivity index (χ0) is 24.7. The van der Waals surface area contributed by atoms with Crippen LogP contribution in [0.15, 0.2) is 22.6 Å². The van der Waals surface area contributed by atoms with Crippen LogP contribution in [0.4, 0.5) is 27.6 Å². The fourth-order valence-corrected chi connectivity index (χ4v) is 4.46. The van der Waals surface area contributed by atoms with Crippen LogP contribution in [0.25, 0.3) is 11.0 Å². The summed E-state index contributed by atoms with van der Waals surface area (Å²) in [5, 5.41) is 2.53. The summed E-state index contributed by atoms with van der Waals surface area (Å²) in [4.78, 5) is 13.7. The molecule has 1 fully saturated rings. The lowest BCUT2D eigenvalue weighted by atomic mass is 9.93. The number of benzene rings is 1. The van der Waals surface area contributed by atoms with Gasteiger partial charge in [-0.05, 0) is 31.0 Å². The van der Waals surface area contributed by atoms with Gasteiger partial charge in [0.25, 0.3) is 11.8 Å². The van der Waals surface area contributed by atoms with Gasteiger partial charge in [-0.1, -0.05) is 13.8 Å². The topological polar surface area (TPSA) is 63.9 Å². The number of alkyl halides is 5. The van der Waals surface area contributed by atoms with Gasteiger partial charge < -0.3 is 24.1 Å². The molecule has 1 aromatic carbocycles. The Balaban J connectivity index is 1.61. The average molecular weight is 490 g/mol. The summed E-state index contributed by atoms with van der Waals surface area (Å²) in [5.41, 5.74) is -0.970. The molecule has 1 saturated heterocycles. The third-order valence-corrected chi connectivity index (χ3v) is 6.61. The Labute approximate surface area is 193 Å². The van der Waals surface area contributed by atoms with Crippen molar-refractivity contribution in [1.29, 1.82) is 0 Å². The maximum absolute atomic E-state index is 15.4. The Bertz CT molecular complexity index is 1050. The highest BCUT2D eigenvalue weighted by atomic mass is 19.4. The number of ether oxygens (including phenoxy) is 2. The predicted octanol–water partition coefficient (Wildman–Crippen LogP) is 5.21. The molecule has 0 bridgehead atoms. The van der Waals surface area contributed by atoms with Crippen LogP contribution in [0.5, 0.6) is 0 Å². The Morgan fingerprint density at radius 1 is 1.18 bits per heavy atom. The number of hydrogen-bond acceptors (Lipinski definition) is 5. The van der Waals surface area contributed by atoms with Gasteiger partial charge in [-0.25, -0.2) is 8.78 Å². The molecule has 0 aliphatic carbocycles. The van der Waals surface area contributed by atoms with E-state index in [1.54, 1.807) is 0 Å². The minimum Gasteiger partial charge on any atom is -0.449 e. The monoisotopic (exact) mass is 490 g/mol. The lowest BCUT2D eigenvalue weighted by molar-refractivity contribution is -0.170. The van der Waals surface area contributed by atoms with Crippen molar-refractivity contribution in [3.63, 3.8) is 0 Å². The molecule has 2 aliphatic rings. The zero-order valence-electron chi connectivity index (χ0n) is 18.9. The molecule has 1 atom stereocenters. The molecule has 1 unspecified atom stereocenters. The molecule has 1 amide bonds. The second kappa shape index (κ2) is 8.99. The van der Waals surface area contributed by atoms with Crippen molar-refractivity contribution in [3.8, 4) is 0 Å². The quantitative estimate of drug-likeness (QED) is 0.541. The predicted molar refractivity (Wildman–Crippen MR) is 114 cm³/mol. The highest BCUT2D eigenvalue weighted by molar-refractivity contribution is 6.07. The molecule has 1 aromatic heterocycles. The van der Waals surface area contributed by atoms with Crippen molar-refractivity contribution in [2.75, 3.05) is 37.7 Å². The van der Waals surface area contributed by atoms with Crippen molar-refractivity contribution in [1.82, 2.24) is 5.32 Å². The summed E-state index contributed by atoms with van der Waals surface area (Å²) in [6, 6.07) is 2.77. The van der Waals surface area contributed by atoms with Crippen LogP contribution in [0.2, 0.25) is 0 Å². The van der Waals surface area contributed by atoms with E-state index in [4.69, 9.17) is 13.9 Å². The number of carbonyl (C=O) groups is 1. The van der Waals surface area contributed by atoms with Gasteiger partial charge >= 0.3 is 6.18 Å². The highest BCUT2D eigenvalue weighted by Gasteiger charge is 2.43. The van der Waals surface area contributed by atoms with Gasteiger partial charge in [-0.3, -0.25) is 4.79 Å². The minimum absolute atomic E-state index is 0.00293. The number of hydrogen-bond donors (Lipinski definition) is 1. The van der Waals surface area contributed by atoms with E-state index in [0.29, 0.717) is 26.1 Å². The van der Waals surface area contributed by atoms with Crippen molar-refractivity contribution < 1.29 is 40.6 Å². The molecule has 11 heteroatoms. The third-order valence-electron chi connectivity index (χ3n) is 6.61. The van der Waals surface area contributed by atoms with Crippen LogP contribution in [0, 0.1) is 5.92 Å². The number of halogens is 5. The van der Waals surface area contributed by atoms with Gasteiger partial charge in [-0.15, -0.1) is 0 Å². The molecular formula is C23H27F5N2O4. The first kappa shape index (κ1) is 24.7. The van der Waals surface area contributed by atoms with Gasteiger partial charge in [0, 0.05) is 30.8 Å².